The van der Waals surface area contributed by atoms with Gasteiger partial charge in [-0.05, 0) is 43.7 Å². The average molecular weight is 404 g/mol. The highest BCUT2D eigenvalue weighted by Gasteiger charge is 2.21. The lowest BCUT2D eigenvalue weighted by molar-refractivity contribution is 0.262. The SMILES string of the molecule is CCOc1ccc(C)cc1S(=O)(=O)NCCN1CCN(c2ccccc2)CC1. The van der Waals surface area contributed by atoms with Crippen LogP contribution < -0.4 is 14.4 Å². The zero-order valence-corrected chi connectivity index (χ0v) is 17.4. The summed E-state index contributed by atoms with van der Waals surface area (Å²) in [5.41, 5.74) is 2.13. The minimum absolute atomic E-state index is 0.211. The van der Waals surface area contributed by atoms with E-state index in [4.69, 9.17) is 4.74 Å². The molecule has 0 saturated carbocycles. The summed E-state index contributed by atoms with van der Waals surface area (Å²) in [6.45, 7) is 8.96. The molecule has 3 rings (SSSR count). The summed E-state index contributed by atoms with van der Waals surface area (Å²) in [5, 5.41) is 0. The third kappa shape index (κ3) is 5.25. The Bertz CT molecular complexity index is 864. The third-order valence-corrected chi connectivity index (χ3v) is 6.38. The first-order valence-corrected chi connectivity index (χ1v) is 11.2. The summed E-state index contributed by atoms with van der Waals surface area (Å²) in [6.07, 6.45) is 0. The van der Waals surface area contributed by atoms with E-state index in [-0.39, 0.29) is 4.90 Å². The van der Waals surface area contributed by atoms with Crippen LogP contribution in [0.2, 0.25) is 0 Å². The van der Waals surface area contributed by atoms with Crippen molar-refractivity contribution < 1.29 is 13.2 Å². The van der Waals surface area contributed by atoms with Gasteiger partial charge >= 0.3 is 0 Å². The fraction of sp³-hybridized carbons (Fsp3) is 0.429. The van der Waals surface area contributed by atoms with Gasteiger partial charge in [-0.25, -0.2) is 13.1 Å². The lowest BCUT2D eigenvalue weighted by atomic mass is 10.2. The normalized spacial score (nSPS) is 15.6. The molecule has 1 aliphatic heterocycles. The third-order valence-electron chi connectivity index (χ3n) is 4.90. The van der Waals surface area contributed by atoms with Gasteiger partial charge in [-0.1, -0.05) is 24.3 Å². The van der Waals surface area contributed by atoms with E-state index >= 15 is 0 Å². The van der Waals surface area contributed by atoms with Crippen LogP contribution in [0.4, 0.5) is 5.69 Å². The molecule has 0 amide bonds. The van der Waals surface area contributed by atoms with Gasteiger partial charge in [-0.2, -0.15) is 0 Å². The van der Waals surface area contributed by atoms with Crippen LogP contribution in [-0.2, 0) is 10.0 Å². The molecule has 2 aromatic rings. The van der Waals surface area contributed by atoms with Gasteiger partial charge in [0.1, 0.15) is 10.6 Å². The zero-order chi connectivity index (χ0) is 20.0. The highest BCUT2D eigenvalue weighted by atomic mass is 32.2. The standard InChI is InChI=1S/C21H29N3O3S/c1-3-27-20-10-9-18(2)17-21(20)28(25,26)22-11-12-23-13-15-24(16-14-23)19-7-5-4-6-8-19/h4-10,17,22H,3,11-16H2,1-2H3. The van der Waals surface area contributed by atoms with Gasteiger partial charge in [0.2, 0.25) is 10.0 Å². The number of nitrogens with one attached hydrogen (secondary N) is 1. The predicted octanol–water partition coefficient (Wildman–Crippen LogP) is 2.49. The van der Waals surface area contributed by atoms with Crippen molar-refractivity contribution in [2.24, 2.45) is 0 Å². The molecule has 2 aromatic carbocycles. The molecule has 0 bridgehead atoms. The monoisotopic (exact) mass is 403 g/mol. The van der Waals surface area contributed by atoms with Crippen molar-refractivity contribution in [3.8, 4) is 5.75 Å². The Hall–Kier alpha value is -2.09. The summed E-state index contributed by atoms with van der Waals surface area (Å²) in [5.74, 6) is 0.400. The molecule has 7 heteroatoms. The maximum absolute atomic E-state index is 12.7. The molecule has 1 fully saturated rings. The molecule has 0 aliphatic carbocycles. The van der Waals surface area contributed by atoms with Crippen LogP contribution in [0.25, 0.3) is 0 Å². The number of ether oxygens (including phenoxy) is 1. The molecule has 28 heavy (non-hydrogen) atoms. The molecule has 0 spiro atoms. The number of hydrogen-bond donors (Lipinski definition) is 1. The molecule has 0 radical (unpaired) electrons. The molecule has 1 aliphatic rings. The maximum atomic E-state index is 12.7. The smallest absolute Gasteiger partial charge is 0.244 e. The number of nitrogens with zero attached hydrogens (tertiary/aromatic N) is 2. The molecular weight excluding hydrogens is 374 g/mol. The van der Waals surface area contributed by atoms with E-state index in [1.54, 1.807) is 12.1 Å². The number of rotatable bonds is 8. The second-order valence-electron chi connectivity index (χ2n) is 6.95. The van der Waals surface area contributed by atoms with Crippen molar-refractivity contribution in [2.45, 2.75) is 18.7 Å². The van der Waals surface area contributed by atoms with E-state index in [2.05, 4.69) is 38.8 Å². The molecular formula is C21H29N3O3S. The average Bonchev–Trinajstić information content (AvgIpc) is 2.70. The van der Waals surface area contributed by atoms with E-state index in [9.17, 15) is 8.42 Å². The first-order valence-electron chi connectivity index (χ1n) is 9.75. The highest BCUT2D eigenvalue weighted by Crippen LogP contribution is 2.25. The Labute approximate surface area is 168 Å². The minimum atomic E-state index is -3.60. The van der Waals surface area contributed by atoms with Crippen LogP contribution in [0, 0.1) is 6.92 Å². The van der Waals surface area contributed by atoms with Crippen LogP contribution in [0.15, 0.2) is 53.4 Å². The quantitative estimate of drug-likeness (QED) is 0.734. The van der Waals surface area contributed by atoms with E-state index in [1.807, 2.05) is 26.0 Å². The first-order chi connectivity index (χ1) is 13.5. The lowest BCUT2D eigenvalue weighted by Gasteiger charge is -2.36. The van der Waals surface area contributed by atoms with Gasteiger partial charge < -0.3 is 9.64 Å². The van der Waals surface area contributed by atoms with Crippen LogP contribution in [0.3, 0.4) is 0 Å². The largest absolute Gasteiger partial charge is 0.492 e. The van der Waals surface area contributed by atoms with E-state index in [0.29, 0.717) is 25.4 Å². The molecule has 1 heterocycles. The Balaban J connectivity index is 1.52. The van der Waals surface area contributed by atoms with Crippen molar-refractivity contribution in [3.63, 3.8) is 0 Å². The van der Waals surface area contributed by atoms with E-state index < -0.39 is 10.0 Å². The number of aryl methyl sites for hydroxylation is 1. The van der Waals surface area contributed by atoms with Crippen LogP contribution in [0.1, 0.15) is 12.5 Å². The van der Waals surface area contributed by atoms with Gasteiger partial charge in [-0.15, -0.1) is 0 Å². The fourth-order valence-electron chi connectivity index (χ4n) is 3.38. The number of anilines is 1. The molecule has 1 N–H and O–H groups in total. The Morgan fingerprint density at radius 2 is 1.75 bits per heavy atom. The van der Waals surface area contributed by atoms with Crippen molar-refractivity contribution in [1.82, 2.24) is 9.62 Å². The Morgan fingerprint density at radius 1 is 1.04 bits per heavy atom. The van der Waals surface area contributed by atoms with Crippen LogP contribution in [0.5, 0.6) is 5.75 Å². The van der Waals surface area contributed by atoms with E-state index in [1.165, 1.54) is 5.69 Å². The topological polar surface area (TPSA) is 61.9 Å². The van der Waals surface area contributed by atoms with Gasteiger partial charge in [0.25, 0.3) is 0 Å². The number of sulfonamides is 1. The summed E-state index contributed by atoms with van der Waals surface area (Å²) >= 11 is 0. The Morgan fingerprint density at radius 3 is 2.43 bits per heavy atom. The number of para-hydroxylation sites is 1. The molecule has 0 unspecified atom stereocenters. The summed E-state index contributed by atoms with van der Waals surface area (Å²) < 4.78 is 33.7. The fourth-order valence-corrected chi connectivity index (χ4v) is 4.63. The molecule has 152 valence electrons. The lowest BCUT2D eigenvalue weighted by Crippen LogP contribution is -2.48. The second kappa shape index (κ2) is 9.41. The molecule has 1 saturated heterocycles. The minimum Gasteiger partial charge on any atom is -0.492 e. The van der Waals surface area contributed by atoms with Gasteiger partial charge in [0, 0.05) is 45.0 Å². The number of benzene rings is 2. The van der Waals surface area contributed by atoms with Crippen molar-refractivity contribution in [3.05, 3.63) is 54.1 Å². The second-order valence-corrected chi connectivity index (χ2v) is 8.68. The number of piperazine rings is 1. The van der Waals surface area contributed by atoms with E-state index in [0.717, 1.165) is 31.7 Å². The van der Waals surface area contributed by atoms with Crippen LogP contribution >= 0.6 is 0 Å². The van der Waals surface area contributed by atoms with Gasteiger partial charge in [0.15, 0.2) is 0 Å². The molecule has 0 atom stereocenters. The predicted molar refractivity (Wildman–Crippen MR) is 113 cm³/mol. The maximum Gasteiger partial charge on any atom is 0.244 e. The summed E-state index contributed by atoms with van der Waals surface area (Å²) in [7, 11) is -3.60. The first kappa shape index (κ1) is 20.6. The van der Waals surface area contributed by atoms with Crippen molar-refractivity contribution in [2.75, 3.05) is 50.8 Å². The molecule has 0 aromatic heterocycles. The number of hydrogen-bond acceptors (Lipinski definition) is 5. The summed E-state index contributed by atoms with van der Waals surface area (Å²) in [6, 6.07) is 15.6. The highest BCUT2D eigenvalue weighted by molar-refractivity contribution is 7.89. The zero-order valence-electron chi connectivity index (χ0n) is 16.6. The molecule has 6 nitrogen and oxygen atoms in total. The van der Waals surface area contributed by atoms with Crippen molar-refractivity contribution >= 4 is 15.7 Å². The van der Waals surface area contributed by atoms with Gasteiger partial charge in [0.05, 0.1) is 6.61 Å². The van der Waals surface area contributed by atoms with Crippen LogP contribution in [-0.4, -0.2) is 59.2 Å². The van der Waals surface area contributed by atoms with Crippen molar-refractivity contribution in [1.29, 1.82) is 0 Å². The summed E-state index contributed by atoms with van der Waals surface area (Å²) in [4.78, 5) is 4.87. The Kier molecular flexibility index (Phi) is 6.93. The van der Waals surface area contributed by atoms with Gasteiger partial charge in [-0.3, -0.25) is 4.90 Å².